The van der Waals surface area contributed by atoms with Crippen molar-refractivity contribution in [1.29, 1.82) is 0 Å². The molecule has 1 aliphatic rings. The van der Waals surface area contributed by atoms with Crippen LogP contribution < -0.4 is 16.0 Å². The SMILES string of the molecule is Cn1nc(C2CCC(=O)NC2=O)c2ccc(NC(=O)CCCCCCCCCCNC(=O)OC(C)(C)C)cc21. The number of fused-ring (bicyclic) bond motifs is 1. The number of ether oxygens (including phenoxy) is 1. The van der Waals surface area contributed by atoms with E-state index < -0.39 is 11.5 Å². The van der Waals surface area contributed by atoms with Crippen LogP contribution in [0.4, 0.5) is 10.5 Å². The lowest BCUT2D eigenvalue weighted by atomic mass is 9.93. The minimum absolute atomic E-state index is 0.0144. The fourth-order valence-electron chi connectivity index (χ4n) is 4.77. The van der Waals surface area contributed by atoms with Crippen LogP contribution in [0.25, 0.3) is 10.9 Å². The first-order valence-electron chi connectivity index (χ1n) is 14.1. The minimum atomic E-state index is -0.468. The molecule has 0 saturated carbocycles. The first-order valence-corrected chi connectivity index (χ1v) is 14.1. The number of aromatic nitrogens is 2. The van der Waals surface area contributed by atoms with E-state index in [2.05, 4.69) is 21.0 Å². The molecule has 2 heterocycles. The minimum Gasteiger partial charge on any atom is -0.444 e. The molecule has 1 aliphatic heterocycles. The smallest absolute Gasteiger partial charge is 0.407 e. The monoisotopic (exact) mass is 541 g/mol. The molecule has 0 radical (unpaired) electrons. The third kappa shape index (κ3) is 9.67. The summed E-state index contributed by atoms with van der Waals surface area (Å²) in [5.74, 6) is -1.02. The number of benzene rings is 1. The maximum atomic E-state index is 12.5. The van der Waals surface area contributed by atoms with Crippen LogP contribution in [0, 0.1) is 0 Å². The lowest BCUT2D eigenvalue weighted by Crippen LogP contribution is -2.39. The van der Waals surface area contributed by atoms with Crippen LogP contribution in [-0.2, 0) is 26.2 Å². The molecule has 10 heteroatoms. The maximum absolute atomic E-state index is 12.5. The average Bonchev–Trinajstić information content (AvgIpc) is 3.17. The van der Waals surface area contributed by atoms with Gasteiger partial charge in [0.1, 0.15) is 5.60 Å². The van der Waals surface area contributed by atoms with Gasteiger partial charge in [-0.25, -0.2) is 4.79 Å². The van der Waals surface area contributed by atoms with E-state index in [-0.39, 0.29) is 23.8 Å². The second kappa shape index (κ2) is 14.1. The number of nitrogens with zero attached hydrogens (tertiary/aromatic N) is 2. The zero-order chi connectivity index (χ0) is 28.4. The largest absolute Gasteiger partial charge is 0.444 e. The van der Waals surface area contributed by atoms with Gasteiger partial charge in [-0.05, 0) is 58.2 Å². The fourth-order valence-corrected chi connectivity index (χ4v) is 4.77. The summed E-state index contributed by atoms with van der Waals surface area (Å²) in [6.45, 7) is 6.19. The highest BCUT2D eigenvalue weighted by Gasteiger charge is 2.31. The third-order valence-corrected chi connectivity index (χ3v) is 6.73. The number of carbonyl (C=O) groups is 4. The number of hydrogen-bond donors (Lipinski definition) is 3. The van der Waals surface area contributed by atoms with Crippen LogP contribution in [0.5, 0.6) is 0 Å². The molecular weight excluding hydrogens is 498 g/mol. The molecule has 4 amide bonds. The van der Waals surface area contributed by atoms with Crippen molar-refractivity contribution in [3.63, 3.8) is 0 Å². The maximum Gasteiger partial charge on any atom is 0.407 e. The first kappa shape index (κ1) is 30.1. The molecule has 0 spiro atoms. The molecule has 1 fully saturated rings. The van der Waals surface area contributed by atoms with Gasteiger partial charge in [0.25, 0.3) is 0 Å². The van der Waals surface area contributed by atoms with Gasteiger partial charge in [0.2, 0.25) is 17.7 Å². The van der Waals surface area contributed by atoms with Gasteiger partial charge >= 0.3 is 6.09 Å². The number of anilines is 1. The summed E-state index contributed by atoms with van der Waals surface area (Å²) in [7, 11) is 1.81. The Balaban J connectivity index is 1.29. The molecule has 2 aromatic rings. The molecule has 1 aromatic carbocycles. The molecule has 3 rings (SSSR count). The molecule has 1 atom stereocenters. The summed E-state index contributed by atoms with van der Waals surface area (Å²) in [4.78, 5) is 47.9. The summed E-state index contributed by atoms with van der Waals surface area (Å²) in [5, 5.41) is 13.5. The van der Waals surface area contributed by atoms with Crippen molar-refractivity contribution in [2.45, 2.75) is 103 Å². The standard InChI is InChI=1S/C29H43N5O5/c1-29(2,3)39-28(38)30-18-12-10-8-6-5-7-9-11-13-24(35)31-20-14-15-21-23(19-20)34(4)33-26(21)22-16-17-25(36)32-27(22)37/h14-15,19,22H,5-13,16-18H2,1-4H3,(H,30,38)(H,31,35)(H,32,36,37). The lowest BCUT2D eigenvalue weighted by Gasteiger charge is -2.19. The first-order chi connectivity index (χ1) is 18.5. The summed E-state index contributed by atoms with van der Waals surface area (Å²) in [5.41, 5.74) is 1.72. The molecule has 10 nitrogen and oxygen atoms in total. The number of aryl methyl sites for hydroxylation is 1. The Hall–Kier alpha value is -3.43. The number of imide groups is 1. The zero-order valence-electron chi connectivity index (χ0n) is 23.7. The number of carbonyl (C=O) groups excluding carboxylic acids is 4. The highest BCUT2D eigenvalue weighted by Crippen LogP contribution is 2.31. The van der Waals surface area contributed by atoms with Crippen LogP contribution in [-0.4, -0.2) is 45.7 Å². The highest BCUT2D eigenvalue weighted by molar-refractivity contribution is 6.03. The number of piperidine rings is 1. The number of amides is 4. The van der Waals surface area contributed by atoms with Gasteiger partial charge in [0.15, 0.2) is 0 Å². The van der Waals surface area contributed by atoms with Crippen molar-refractivity contribution >= 4 is 40.4 Å². The Bertz CT molecular complexity index is 1170. The van der Waals surface area contributed by atoms with Crippen molar-refractivity contribution in [3.8, 4) is 0 Å². The fraction of sp³-hybridized carbons (Fsp3) is 0.621. The van der Waals surface area contributed by atoms with Crippen LogP contribution in [0.3, 0.4) is 0 Å². The Morgan fingerprint density at radius 2 is 1.72 bits per heavy atom. The van der Waals surface area contributed by atoms with E-state index in [1.54, 1.807) is 4.68 Å². The molecule has 1 aromatic heterocycles. The number of nitrogens with one attached hydrogen (secondary N) is 3. The second-order valence-corrected chi connectivity index (χ2v) is 11.3. The summed E-state index contributed by atoms with van der Waals surface area (Å²) in [6.07, 6.45) is 9.30. The van der Waals surface area contributed by atoms with Crippen LogP contribution >= 0.6 is 0 Å². The normalized spacial score (nSPS) is 15.7. The van der Waals surface area contributed by atoms with Crippen LogP contribution in [0.1, 0.15) is 103 Å². The summed E-state index contributed by atoms with van der Waals surface area (Å²) in [6, 6.07) is 5.59. The quantitative estimate of drug-likeness (QED) is 0.240. The average molecular weight is 542 g/mol. The van der Waals surface area contributed by atoms with Gasteiger partial charge in [-0.1, -0.05) is 38.5 Å². The van der Waals surface area contributed by atoms with E-state index in [0.29, 0.717) is 37.2 Å². The zero-order valence-corrected chi connectivity index (χ0v) is 23.7. The van der Waals surface area contributed by atoms with Crippen molar-refractivity contribution in [1.82, 2.24) is 20.4 Å². The van der Waals surface area contributed by atoms with Gasteiger partial charge < -0.3 is 15.4 Å². The predicted octanol–water partition coefficient (Wildman–Crippen LogP) is 5.07. The van der Waals surface area contributed by atoms with E-state index in [4.69, 9.17) is 4.74 Å². The molecule has 0 bridgehead atoms. The van der Waals surface area contributed by atoms with Gasteiger partial charge in [-0.15, -0.1) is 0 Å². The molecule has 39 heavy (non-hydrogen) atoms. The van der Waals surface area contributed by atoms with E-state index >= 15 is 0 Å². The highest BCUT2D eigenvalue weighted by atomic mass is 16.6. The summed E-state index contributed by atoms with van der Waals surface area (Å²) >= 11 is 0. The van der Waals surface area contributed by atoms with E-state index in [0.717, 1.165) is 62.3 Å². The van der Waals surface area contributed by atoms with Crippen molar-refractivity contribution < 1.29 is 23.9 Å². The molecule has 1 saturated heterocycles. The van der Waals surface area contributed by atoms with E-state index in [1.165, 1.54) is 0 Å². The molecular formula is C29H43N5O5. The van der Waals surface area contributed by atoms with Crippen LogP contribution in [0.2, 0.25) is 0 Å². The number of hydrogen-bond acceptors (Lipinski definition) is 6. The Labute approximate surface area is 230 Å². The Morgan fingerprint density at radius 3 is 2.38 bits per heavy atom. The summed E-state index contributed by atoms with van der Waals surface area (Å²) < 4.78 is 6.93. The Morgan fingerprint density at radius 1 is 1.05 bits per heavy atom. The molecule has 1 unspecified atom stereocenters. The van der Waals surface area contributed by atoms with Gasteiger partial charge in [0.05, 0.1) is 17.1 Å². The third-order valence-electron chi connectivity index (χ3n) is 6.73. The topological polar surface area (TPSA) is 131 Å². The van der Waals surface area contributed by atoms with Gasteiger partial charge in [-0.2, -0.15) is 5.10 Å². The lowest BCUT2D eigenvalue weighted by molar-refractivity contribution is -0.134. The van der Waals surface area contributed by atoms with Crippen molar-refractivity contribution in [3.05, 3.63) is 23.9 Å². The van der Waals surface area contributed by atoms with Crippen molar-refractivity contribution in [2.75, 3.05) is 11.9 Å². The van der Waals surface area contributed by atoms with Crippen molar-refractivity contribution in [2.24, 2.45) is 7.05 Å². The number of alkyl carbamates (subject to hydrolysis) is 1. The number of rotatable bonds is 13. The second-order valence-electron chi connectivity index (χ2n) is 11.3. The molecule has 3 N–H and O–H groups in total. The molecule has 0 aliphatic carbocycles. The Kier molecular flexibility index (Phi) is 10.9. The number of unbranched alkanes of at least 4 members (excludes halogenated alkanes) is 7. The van der Waals surface area contributed by atoms with E-state index in [1.807, 2.05) is 46.0 Å². The molecule has 214 valence electrons. The van der Waals surface area contributed by atoms with Crippen LogP contribution in [0.15, 0.2) is 18.2 Å². The van der Waals surface area contributed by atoms with E-state index in [9.17, 15) is 19.2 Å². The van der Waals surface area contributed by atoms with Gasteiger partial charge in [-0.3, -0.25) is 24.4 Å². The predicted molar refractivity (Wildman–Crippen MR) is 150 cm³/mol. The van der Waals surface area contributed by atoms with Gasteiger partial charge in [0, 0.05) is 37.5 Å².